The molecule has 106 valence electrons. The Hall–Kier alpha value is -1.67. The third-order valence-electron chi connectivity index (χ3n) is 3.70. The maximum absolute atomic E-state index is 4.27. The highest BCUT2D eigenvalue weighted by molar-refractivity contribution is 5.27. The van der Waals surface area contributed by atoms with Crippen molar-refractivity contribution in [2.75, 3.05) is 13.1 Å². The molecule has 2 aromatic rings. The summed E-state index contributed by atoms with van der Waals surface area (Å²) < 4.78 is 0. The van der Waals surface area contributed by atoms with Crippen LogP contribution in [0.25, 0.3) is 0 Å². The van der Waals surface area contributed by atoms with Gasteiger partial charge in [0.05, 0.1) is 0 Å². The van der Waals surface area contributed by atoms with Gasteiger partial charge in [0.2, 0.25) is 0 Å². The molecule has 0 saturated carbocycles. The lowest BCUT2D eigenvalue weighted by atomic mass is 9.91. The van der Waals surface area contributed by atoms with Gasteiger partial charge in [0.15, 0.2) is 0 Å². The van der Waals surface area contributed by atoms with E-state index in [2.05, 4.69) is 60.5 Å². The summed E-state index contributed by atoms with van der Waals surface area (Å²) in [7, 11) is 0. The molecule has 1 aromatic heterocycles. The first-order chi connectivity index (χ1) is 9.81. The first-order valence-electron chi connectivity index (χ1n) is 7.46. The van der Waals surface area contributed by atoms with Gasteiger partial charge in [0.1, 0.15) is 0 Å². The smallest absolute Gasteiger partial charge is 0.0302 e. The summed E-state index contributed by atoms with van der Waals surface area (Å²) in [5, 5.41) is 3.55. The lowest BCUT2D eigenvalue weighted by Gasteiger charge is -2.19. The Bertz CT molecular complexity index is 508. The van der Waals surface area contributed by atoms with Crippen molar-refractivity contribution in [1.29, 1.82) is 0 Å². The molecule has 0 saturated heterocycles. The van der Waals surface area contributed by atoms with Crippen LogP contribution in [-0.4, -0.2) is 18.1 Å². The first kappa shape index (κ1) is 14.7. The molecule has 2 nitrogen and oxygen atoms in total. The highest BCUT2D eigenvalue weighted by Crippen LogP contribution is 2.21. The van der Waals surface area contributed by atoms with Gasteiger partial charge in [-0.05, 0) is 49.1 Å². The molecule has 0 bridgehead atoms. The van der Waals surface area contributed by atoms with Crippen LogP contribution >= 0.6 is 0 Å². The second kappa shape index (κ2) is 7.81. The topological polar surface area (TPSA) is 24.9 Å². The summed E-state index contributed by atoms with van der Waals surface area (Å²) in [4.78, 5) is 4.27. The second-order valence-corrected chi connectivity index (χ2v) is 5.32. The SMILES string of the molecule is CCCNCC(Cc1cnccc1C)c1ccccc1. The minimum Gasteiger partial charge on any atom is -0.316 e. The average Bonchev–Trinajstić information content (AvgIpc) is 2.49. The fourth-order valence-corrected chi connectivity index (χ4v) is 2.46. The third kappa shape index (κ3) is 4.17. The van der Waals surface area contributed by atoms with Gasteiger partial charge in [-0.25, -0.2) is 0 Å². The number of benzene rings is 1. The van der Waals surface area contributed by atoms with E-state index in [1.165, 1.54) is 23.1 Å². The Morgan fingerprint density at radius 2 is 1.95 bits per heavy atom. The molecule has 2 rings (SSSR count). The lowest BCUT2D eigenvalue weighted by Crippen LogP contribution is -2.24. The number of nitrogens with one attached hydrogen (secondary N) is 1. The summed E-state index contributed by atoms with van der Waals surface area (Å²) in [5.74, 6) is 0.505. The molecule has 1 atom stereocenters. The Balaban J connectivity index is 2.12. The van der Waals surface area contributed by atoms with E-state index in [4.69, 9.17) is 0 Å². The summed E-state index contributed by atoms with van der Waals surface area (Å²) >= 11 is 0. The van der Waals surface area contributed by atoms with Crippen LogP contribution in [0.15, 0.2) is 48.8 Å². The number of aryl methyl sites for hydroxylation is 1. The molecule has 20 heavy (non-hydrogen) atoms. The van der Waals surface area contributed by atoms with Crippen molar-refractivity contribution in [3.8, 4) is 0 Å². The van der Waals surface area contributed by atoms with Crippen LogP contribution in [0.2, 0.25) is 0 Å². The minimum atomic E-state index is 0.505. The molecule has 0 spiro atoms. The fourth-order valence-electron chi connectivity index (χ4n) is 2.46. The van der Waals surface area contributed by atoms with Crippen LogP contribution in [0.1, 0.15) is 36.0 Å². The zero-order valence-corrected chi connectivity index (χ0v) is 12.5. The number of nitrogens with zero attached hydrogens (tertiary/aromatic N) is 1. The van der Waals surface area contributed by atoms with E-state index in [9.17, 15) is 0 Å². The monoisotopic (exact) mass is 268 g/mol. The van der Waals surface area contributed by atoms with Crippen LogP contribution in [-0.2, 0) is 6.42 Å². The van der Waals surface area contributed by atoms with Gasteiger partial charge >= 0.3 is 0 Å². The highest BCUT2D eigenvalue weighted by Gasteiger charge is 2.13. The molecule has 1 aromatic carbocycles. The molecule has 0 radical (unpaired) electrons. The molecule has 0 aliphatic carbocycles. The normalized spacial score (nSPS) is 12.3. The van der Waals surface area contributed by atoms with E-state index in [1.807, 2.05) is 12.4 Å². The van der Waals surface area contributed by atoms with Crippen LogP contribution in [0, 0.1) is 6.92 Å². The maximum Gasteiger partial charge on any atom is 0.0302 e. The number of pyridine rings is 1. The fraction of sp³-hybridized carbons (Fsp3) is 0.389. The Labute approximate surface area is 122 Å². The van der Waals surface area contributed by atoms with Crippen LogP contribution in [0.3, 0.4) is 0 Å². The minimum absolute atomic E-state index is 0.505. The van der Waals surface area contributed by atoms with E-state index < -0.39 is 0 Å². The van der Waals surface area contributed by atoms with E-state index in [1.54, 1.807) is 0 Å². The van der Waals surface area contributed by atoms with Gasteiger partial charge in [0.25, 0.3) is 0 Å². The molecule has 1 N–H and O–H groups in total. The first-order valence-corrected chi connectivity index (χ1v) is 7.46. The molecule has 0 aliphatic heterocycles. The predicted octanol–water partition coefficient (Wildman–Crippen LogP) is 3.72. The van der Waals surface area contributed by atoms with E-state index in [0.717, 1.165) is 19.5 Å². The lowest BCUT2D eigenvalue weighted by molar-refractivity contribution is 0.575. The van der Waals surface area contributed by atoms with Gasteiger partial charge in [-0.1, -0.05) is 37.3 Å². The van der Waals surface area contributed by atoms with Crippen molar-refractivity contribution in [2.45, 2.75) is 32.6 Å². The summed E-state index contributed by atoms with van der Waals surface area (Å²) in [6.07, 6.45) is 6.09. The average molecular weight is 268 g/mol. The van der Waals surface area contributed by atoms with Crippen molar-refractivity contribution in [3.63, 3.8) is 0 Å². The van der Waals surface area contributed by atoms with Crippen molar-refractivity contribution in [2.24, 2.45) is 0 Å². The van der Waals surface area contributed by atoms with Gasteiger partial charge in [0, 0.05) is 24.9 Å². The zero-order valence-electron chi connectivity index (χ0n) is 12.5. The summed E-state index contributed by atoms with van der Waals surface area (Å²) in [5.41, 5.74) is 4.08. The quantitative estimate of drug-likeness (QED) is 0.774. The second-order valence-electron chi connectivity index (χ2n) is 5.32. The van der Waals surface area contributed by atoms with Crippen molar-refractivity contribution < 1.29 is 0 Å². The summed E-state index contributed by atoms with van der Waals surface area (Å²) in [6, 6.07) is 12.9. The molecule has 1 unspecified atom stereocenters. The third-order valence-corrected chi connectivity index (χ3v) is 3.70. The molecule has 0 amide bonds. The molecule has 0 aliphatic rings. The molecule has 1 heterocycles. The van der Waals surface area contributed by atoms with E-state index in [0.29, 0.717) is 5.92 Å². The van der Waals surface area contributed by atoms with Gasteiger partial charge in [-0.2, -0.15) is 0 Å². The van der Waals surface area contributed by atoms with E-state index >= 15 is 0 Å². The van der Waals surface area contributed by atoms with Crippen LogP contribution in [0.4, 0.5) is 0 Å². The number of hydrogen-bond donors (Lipinski definition) is 1. The van der Waals surface area contributed by atoms with Crippen molar-refractivity contribution in [1.82, 2.24) is 10.3 Å². The molecular formula is C18H24N2. The van der Waals surface area contributed by atoms with Crippen molar-refractivity contribution >= 4 is 0 Å². The Kier molecular flexibility index (Phi) is 5.75. The zero-order chi connectivity index (χ0) is 14.2. The Morgan fingerprint density at radius 3 is 2.65 bits per heavy atom. The standard InChI is InChI=1S/C18H24N2/c1-3-10-19-14-18(16-7-5-4-6-8-16)12-17-13-20-11-9-15(17)2/h4-9,11,13,18-19H,3,10,12,14H2,1-2H3. The van der Waals surface area contributed by atoms with Crippen molar-refractivity contribution in [3.05, 3.63) is 65.5 Å². The largest absolute Gasteiger partial charge is 0.316 e. The van der Waals surface area contributed by atoms with Gasteiger partial charge in [-0.15, -0.1) is 0 Å². The molecule has 0 fully saturated rings. The number of rotatable bonds is 7. The van der Waals surface area contributed by atoms with E-state index in [-0.39, 0.29) is 0 Å². The highest BCUT2D eigenvalue weighted by atomic mass is 14.8. The summed E-state index contributed by atoms with van der Waals surface area (Å²) in [6.45, 7) is 6.47. The molecular weight excluding hydrogens is 244 g/mol. The van der Waals surface area contributed by atoms with Gasteiger partial charge in [-0.3, -0.25) is 4.98 Å². The van der Waals surface area contributed by atoms with Crippen LogP contribution in [0.5, 0.6) is 0 Å². The number of hydrogen-bond acceptors (Lipinski definition) is 2. The van der Waals surface area contributed by atoms with Crippen LogP contribution < -0.4 is 5.32 Å². The van der Waals surface area contributed by atoms with Gasteiger partial charge < -0.3 is 5.32 Å². The predicted molar refractivity (Wildman–Crippen MR) is 85.0 cm³/mol. The maximum atomic E-state index is 4.27. The number of aromatic nitrogens is 1. The Morgan fingerprint density at radius 1 is 1.15 bits per heavy atom. The molecule has 2 heteroatoms.